The smallest absolute Gasteiger partial charge is 0.320 e. The van der Waals surface area contributed by atoms with Crippen LogP contribution in [0.15, 0.2) is 0 Å². The Bertz CT molecular complexity index is 471. The van der Waals surface area contributed by atoms with Crippen molar-refractivity contribution in [3.05, 3.63) is 0 Å². The Labute approximate surface area is 154 Å². The van der Waals surface area contributed by atoms with Crippen LogP contribution in [0.25, 0.3) is 0 Å². The minimum Gasteiger partial charge on any atom is -0.480 e. The third kappa shape index (κ3) is 9.12. The van der Waals surface area contributed by atoms with Crippen molar-refractivity contribution in [3.63, 3.8) is 0 Å². The van der Waals surface area contributed by atoms with E-state index in [0.29, 0.717) is 25.9 Å². The summed E-state index contributed by atoms with van der Waals surface area (Å²) in [6, 6.07) is -2.44. The third-order valence-electron chi connectivity index (χ3n) is 4.44. The van der Waals surface area contributed by atoms with Gasteiger partial charge in [-0.15, -0.1) is 0 Å². The summed E-state index contributed by atoms with van der Waals surface area (Å²) >= 11 is 0. The Morgan fingerprint density at radius 1 is 0.923 bits per heavy atom. The average Bonchev–Trinajstić information content (AvgIpc) is 2.51. The topological polar surface area (TPSA) is 162 Å². The second-order valence-electron chi connectivity index (χ2n) is 7.28. The number of rotatable bonds is 14. The Balaban J connectivity index is 4.44. The molecule has 0 amide bonds. The number of nitrogens with two attached hydrogens (primary N) is 1. The maximum absolute atomic E-state index is 11.4. The highest BCUT2D eigenvalue weighted by molar-refractivity contribution is 5.74. The van der Waals surface area contributed by atoms with Crippen LogP contribution >= 0.6 is 0 Å². The van der Waals surface area contributed by atoms with Gasteiger partial charge in [-0.25, -0.2) is 0 Å². The van der Waals surface area contributed by atoms with Crippen LogP contribution < -0.4 is 16.4 Å². The molecule has 5 unspecified atom stereocenters. The zero-order valence-electron chi connectivity index (χ0n) is 15.9. The summed E-state index contributed by atoms with van der Waals surface area (Å²) in [5, 5.41) is 33.2. The second kappa shape index (κ2) is 11.8. The minimum absolute atomic E-state index is 0.0529. The molecule has 9 nitrogen and oxygen atoms in total. The molecule has 152 valence electrons. The molecule has 0 aliphatic carbocycles. The molecule has 0 aliphatic rings. The van der Waals surface area contributed by atoms with E-state index in [0.717, 1.165) is 0 Å². The van der Waals surface area contributed by atoms with E-state index in [9.17, 15) is 19.5 Å². The minimum atomic E-state index is -1.08. The molecule has 0 aromatic carbocycles. The molecule has 0 aliphatic heterocycles. The maximum atomic E-state index is 11.4. The van der Waals surface area contributed by atoms with Gasteiger partial charge in [-0.1, -0.05) is 27.7 Å². The van der Waals surface area contributed by atoms with E-state index in [4.69, 9.17) is 15.9 Å². The second-order valence-corrected chi connectivity index (χ2v) is 7.28. The van der Waals surface area contributed by atoms with Gasteiger partial charge in [0.25, 0.3) is 0 Å². The lowest BCUT2D eigenvalue weighted by atomic mass is 9.97. The largest absolute Gasteiger partial charge is 0.480 e. The number of nitrogens with one attached hydrogen (secondary N) is 2. The molecule has 0 bridgehead atoms. The Hall–Kier alpha value is -1.71. The van der Waals surface area contributed by atoms with E-state index in [2.05, 4.69) is 10.6 Å². The first-order valence-electron chi connectivity index (χ1n) is 8.88. The highest BCUT2D eigenvalue weighted by atomic mass is 16.4. The molecule has 26 heavy (non-hydrogen) atoms. The normalized spacial score (nSPS) is 17.3. The quantitative estimate of drug-likeness (QED) is 0.249. The van der Waals surface area contributed by atoms with Gasteiger partial charge in [0.05, 0.1) is 0 Å². The number of hydrogen-bond donors (Lipinski definition) is 6. The van der Waals surface area contributed by atoms with Crippen molar-refractivity contribution < 1.29 is 29.7 Å². The summed E-state index contributed by atoms with van der Waals surface area (Å²) < 4.78 is 0. The lowest BCUT2D eigenvalue weighted by molar-refractivity contribution is -0.141. The molecule has 9 heteroatoms. The Morgan fingerprint density at radius 3 is 1.92 bits per heavy atom. The summed E-state index contributed by atoms with van der Waals surface area (Å²) in [5.41, 5.74) is 5.53. The molecular weight excluding hydrogens is 342 g/mol. The lowest BCUT2D eigenvalue weighted by Crippen LogP contribution is -2.45. The van der Waals surface area contributed by atoms with Crippen molar-refractivity contribution in [2.75, 3.05) is 13.1 Å². The van der Waals surface area contributed by atoms with Gasteiger partial charge in [-0.2, -0.15) is 0 Å². The van der Waals surface area contributed by atoms with Crippen LogP contribution in [0, 0.1) is 17.8 Å². The van der Waals surface area contributed by atoms with Gasteiger partial charge < -0.3 is 31.7 Å². The molecule has 5 atom stereocenters. The fourth-order valence-corrected chi connectivity index (χ4v) is 2.60. The summed E-state index contributed by atoms with van der Waals surface area (Å²) in [4.78, 5) is 33.4. The maximum Gasteiger partial charge on any atom is 0.320 e. The standard InChI is InChI=1S/C17H33N3O6/c1-9(2)14(17(25)26)20-8-10(3)7-12(15(21)22)19-6-5-11(4)13(18)16(23)24/h9-14,19-20H,5-8,18H2,1-4H3,(H,21,22)(H,23,24)(H,25,26). The molecule has 0 saturated carbocycles. The van der Waals surface area contributed by atoms with Crippen LogP contribution in [0.3, 0.4) is 0 Å². The Kier molecular flexibility index (Phi) is 11.0. The molecule has 0 saturated heterocycles. The van der Waals surface area contributed by atoms with E-state index in [1.807, 2.05) is 6.92 Å². The molecule has 7 N–H and O–H groups in total. The molecule has 0 aromatic heterocycles. The number of carbonyl (C=O) groups is 3. The van der Waals surface area contributed by atoms with Crippen LogP contribution in [0.4, 0.5) is 0 Å². The van der Waals surface area contributed by atoms with Crippen molar-refractivity contribution in [1.29, 1.82) is 0 Å². The van der Waals surface area contributed by atoms with E-state index in [1.54, 1.807) is 20.8 Å². The zero-order valence-corrected chi connectivity index (χ0v) is 15.9. The first kappa shape index (κ1) is 24.3. The van der Waals surface area contributed by atoms with E-state index in [-0.39, 0.29) is 17.8 Å². The fourth-order valence-electron chi connectivity index (χ4n) is 2.60. The molecule has 0 radical (unpaired) electrons. The Morgan fingerprint density at radius 2 is 1.50 bits per heavy atom. The summed E-state index contributed by atoms with van der Waals surface area (Å²) in [7, 11) is 0. The van der Waals surface area contributed by atoms with Gasteiger partial charge in [0, 0.05) is 0 Å². The molecule has 0 fully saturated rings. The summed E-state index contributed by atoms with van der Waals surface area (Å²) in [6.07, 6.45) is 0.768. The van der Waals surface area contributed by atoms with Crippen molar-refractivity contribution in [3.8, 4) is 0 Å². The van der Waals surface area contributed by atoms with Crippen LogP contribution in [-0.4, -0.2) is 64.4 Å². The van der Waals surface area contributed by atoms with Crippen LogP contribution in [0.1, 0.15) is 40.5 Å². The number of aliphatic carboxylic acids is 3. The molecular formula is C17H33N3O6. The van der Waals surface area contributed by atoms with Gasteiger partial charge >= 0.3 is 17.9 Å². The molecule has 0 heterocycles. The average molecular weight is 375 g/mol. The van der Waals surface area contributed by atoms with Gasteiger partial charge in [-0.3, -0.25) is 14.4 Å². The SMILES string of the molecule is CC(CNC(C(=O)O)C(C)C)CC(NCCC(C)C(N)C(=O)O)C(=O)O. The van der Waals surface area contributed by atoms with E-state index in [1.165, 1.54) is 0 Å². The molecule has 0 spiro atoms. The number of hydrogen-bond acceptors (Lipinski definition) is 6. The van der Waals surface area contributed by atoms with Crippen LogP contribution in [0.2, 0.25) is 0 Å². The van der Waals surface area contributed by atoms with Gasteiger partial charge in [0.15, 0.2) is 0 Å². The summed E-state index contributed by atoms with van der Waals surface area (Å²) in [6.45, 7) is 7.90. The predicted octanol–water partition coefficient (Wildman–Crippen LogP) is 0.192. The summed E-state index contributed by atoms with van der Waals surface area (Å²) in [5.74, 6) is -3.41. The van der Waals surface area contributed by atoms with Crippen molar-refractivity contribution >= 4 is 17.9 Å². The van der Waals surface area contributed by atoms with Crippen molar-refractivity contribution in [2.45, 2.75) is 58.7 Å². The fraction of sp³-hybridized carbons (Fsp3) is 0.824. The first-order chi connectivity index (χ1) is 12.0. The van der Waals surface area contributed by atoms with Gasteiger partial charge in [0.2, 0.25) is 0 Å². The van der Waals surface area contributed by atoms with Crippen molar-refractivity contribution in [2.24, 2.45) is 23.5 Å². The van der Waals surface area contributed by atoms with E-state index >= 15 is 0 Å². The lowest BCUT2D eigenvalue weighted by Gasteiger charge is -2.23. The highest BCUT2D eigenvalue weighted by Gasteiger charge is 2.25. The molecule has 0 aromatic rings. The van der Waals surface area contributed by atoms with Crippen LogP contribution in [0.5, 0.6) is 0 Å². The van der Waals surface area contributed by atoms with Gasteiger partial charge in [0.1, 0.15) is 18.1 Å². The number of carboxylic acids is 3. The van der Waals surface area contributed by atoms with E-state index < -0.39 is 36.0 Å². The third-order valence-corrected chi connectivity index (χ3v) is 4.44. The van der Waals surface area contributed by atoms with Crippen LogP contribution in [-0.2, 0) is 14.4 Å². The van der Waals surface area contributed by atoms with Crippen molar-refractivity contribution in [1.82, 2.24) is 10.6 Å². The first-order valence-corrected chi connectivity index (χ1v) is 8.88. The highest BCUT2D eigenvalue weighted by Crippen LogP contribution is 2.10. The monoisotopic (exact) mass is 375 g/mol. The number of carboxylic acid groups (broad SMARTS) is 3. The predicted molar refractivity (Wildman–Crippen MR) is 96.9 cm³/mol. The molecule has 0 rings (SSSR count). The zero-order chi connectivity index (χ0) is 20.4. The van der Waals surface area contributed by atoms with Gasteiger partial charge in [-0.05, 0) is 43.7 Å².